The van der Waals surface area contributed by atoms with Crippen LogP contribution in [0.4, 0.5) is 0 Å². The molecule has 0 amide bonds. The predicted molar refractivity (Wildman–Crippen MR) is 55.7 cm³/mol. The normalized spacial score (nSPS) is 10.7. The minimum atomic E-state index is 1.15. The molecule has 0 saturated carbocycles. The lowest BCUT2D eigenvalue weighted by Gasteiger charge is -2.08. The summed E-state index contributed by atoms with van der Waals surface area (Å²) in [5.41, 5.74) is 1.35. The van der Waals surface area contributed by atoms with E-state index in [1.54, 1.807) is 0 Å². The molecule has 0 radical (unpaired) electrons. The van der Waals surface area contributed by atoms with E-state index in [1.165, 1.54) is 24.9 Å². The van der Waals surface area contributed by atoms with Gasteiger partial charge >= 0.3 is 0 Å². The average molecular weight is 178 g/mol. The van der Waals surface area contributed by atoms with Crippen molar-refractivity contribution in [2.24, 2.45) is 0 Å². The molecule has 0 bridgehead atoms. The first-order valence-corrected chi connectivity index (χ1v) is 4.82. The third-order valence-electron chi connectivity index (χ3n) is 2.04. The van der Waals surface area contributed by atoms with E-state index in [4.69, 9.17) is 0 Å². The highest BCUT2D eigenvalue weighted by atomic mass is 15.0. The maximum atomic E-state index is 4.09. The number of pyridine rings is 1. The molecule has 0 saturated heterocycles. The van der Waals surface area contributed by atoms with Crippen LogP contribution in [0.15, 0.2) is 24.5 Å². The van der Waals surface area contributed by atoms with Crippen molar-refractivity contribution in [3.8, 4) is 0 Å². The lowest BCUT2D eigenvalue weighted by Crippen LogP contribution is -2.12. The van der Waals surface area contributed by atoms with E-state index in [2.05, 4.69) is 30.0 Å². The zero-order valence-electron chi connectivity index (χ0n) is 8.53. The summed E-state index contributed by atoms with van der Waals surface area (Å²) < 4.78 is 0. The maximum Gasteiger partial charge on any atom is 0.0299 e. The Morgan fingerprint density at radius 3 is 2.77 bits per heavy atom. The number of rotatable bonds is 5. The van der Waals surface area contributed by atoms with Gasteiger partial charge < -0.3 is 4.90 Å². The average Bonchev–Trinajstić information content (AvgIpc) is 2.14. The van der Waals surface area contributed by atoms with E-state index < -0.39 is 0 Å². The molecule has 0 atom stereocenters. The summed E-state index contributed by atoms with van der Waals surface area (Å²) in [4.78, 5) is 6.31. The molecule has 0 fully saturated rings. The van der Waals surface area contributed by atoms with Crippen LogP contribution in [0.1, 0.15) is 18.4 Å². The summed E-state index contributed by atoms with van der Waals surface area (Å²) in [5, 5.41) is 0. The fourth-order valence-electron chi connectivity index (χ4n) is 1.30. The Kier molecular flexibility index (Phi) is 4.47. The minimum Gasteiger partial charge on any atom is -0.309 e. The maximum absolute atomic E-state index is 4.09. The van der Waals surface area contributed by atoms with Gasteiger partial charge in [0.2, 0.25) is 0 Å². The minimum absolute atomic E-state index is 1.15. The van der Waals surface area contributed by atoms with Crippen LogP contribution in [0.3, 0.4) is 0 Å². The first-order chi connectivity index (χ1) is 6.29. The van der Waals surface area contributed by atoms with Crippen LogP contribution in [0.25, 0.3) is 0 Å². The van der Waals surface area contributed by atoms with Crippen molar-refractivity contribution in [3.63, 3.8) is 0 Å². The smallest absolute Gasteiger partial charge is 0.0299 e. The highest BCUT2D eigenvalue weighted by molar-refractivity contribution is 5.08. The zero-order chi connectivity index (χ0) is 9.52. The Balaban J connectivity index is 2.13. The van der Waals surface area contributed by atoms with Crippen molar-refractivity contribution in [2.75, 3.05) is 20.6 Å². The molecule has 2 nitrogen and oxygen atoms in total. The van der Waals surface area contributed by atoms with Crippen molar-refractivity contribution < 1.29 is 0 Å². The first kappa shape index (κ1) is 10.2. The highest BCUT2D eigenvalue weighted by Gasteiger charge is 1.93. The second-order valence-electron chi connectivity index (χ2n) is 3.62. The first-order valence-electron chi connectivity index (χ1n) is 4.82. The fraction of sp³-hybridized carbons (Fsp3) is 0.545. The van der Waals surface area contributed by atoms with Gasteiger partial charge in [-0.05, 0) is 51.5 Å². The molecule has 1 aromatic heterocycles. The van der Waals surface area contributed by atoms with E-state index in [1.807, 2.05) is 18.5 Å². The van der Waals surface area contributed by atoms with Crippen molar-refractivity contribution in [2.45, 2.75) is 19.3 Å². The molecule has 1 aromatic rings. The van der Waals surface area contributed by atoms with E-state index in [0.717, 1.165) is 6.42 Å². The number of unbranched alkanes of at least 4 members (excludes halogenated alkanes) is 1. The molecule has 0 aliphatic rings. The quantitative estimate of drug-likeness (QED) is 0.641. The lowest BCUT2D eigenvalue weighted by molar-refractivity contribution is 0.394. The second-order valence-corrected chi connectivity index (χ2v) is 3.62. The molecule has 13 heavy (non-hydrogen) atoms. The number of hydrogen-bond acceptors (Lipinski definition) is 2. The van der Waals surface area contributed by atoms with Crippen molar-refractivity contribution in [1.82, 2.24) is 9.88 Å². The Morgan fingerprint density at radius 2 is 2.15 bits per heavy atom. The molecule has 0 aliphatic heterocycles. The van der Waals surface area contributed by atoms with Crippen LogP contribution in [0.2, 0.25) is 0 Å². The molecule has 0 N–H and O–H groups in total. The van der Waals surface area contributed by atoms with Crippen molar-refractivity contribution in [3.05, 3.63) is 30.1 Å². The van der Waals surface area contributed by atoms with Crippen LogP contribution in [-0.4, -0.2) is 30.5 Å². The molecular formula is C11H18N2. The molecule has 0 aliphatic carbocycles. The lowest BCUT2D eigenvalue weighted by atomic mass is 10.1. The molecule has 0 aromatic carbocycles. The van der Waals surface area contributed by atoms with Gasteiger partial charge in [-0.2, -0.15) is 0 Å². The Morgan fingerprint density at radius 1 is 1.31 bits per heavy atom. The van der Waals surface area contributed by atoms with Gasteiger partial charge in [0.25, 0.3) is 0 Å². The molecule has 2 heteroatoms. The number of nitrogens with zero attached hydrogens (tertiary/aromatic N) is 2. The van der Waals surface area contributed by atoms with Gasteiger partial charge in [-0.25, -0.2) is 0 Å². The van der Waals surface area contributed by atoms with Crippen LogP contribution in [0.5, 0.6) is 0 Å². The van der Waals surface area contributed by atoms with E-state index in [-0.39, 0.29) is 0 Å². The van der Waals surface area contributed by atoms with Gasteiger partial charge in [-0.15, -0.1) is 0 Å². The molecule has 72 valence electrons. The summed E-state index contributed by atoms with van der Waals surface area (Å²) in [6.45, 7) is 1.18. The number of aryl methyl sites for hydroxylation is 1. The summed E-state index contributed by atoms with van der Waals surface area (Å²) in [6, 6.07) is 4.14. The van der Waals surface area contributed by atoms with Gasteiger partial charge in [0.15, 0.2) is 0 Å². The van der Waals surface area contributed by atoms with Crippen LogP contribution in [0, 0.1) is 0 Å². The molecule has 1 rings (SSSR count). The van der Waals surface area contributed by atoms with E-state index in [9.17, 15) is 0 Å². The van der Waals surface area contributed by atoms with Crippen LogP contribution in [-0.2, 0) is 6.42 Å². The SMILES string of the molecule is CN(C)CCCCc1cccnc1. The Bertz CT molecular complexity index is 219. The van der Waals surface area contributed by atoms with Gasteiger partial charge in [-0.1, -0.05) is 6.07 Å². The third kappa shape index (κ3) is 4.63. The van der Waals surface area contributed by atoms with Crippen LogP contribution < -0.4 is 0 Å². The Hall–Kier alpha value is -0.890. The Labute approximate surface area is 80.6 Å². The fourth-order valence-corrected chi connectivity index (χ4v) is 1.30. The third-order valence-corrected chi connectivity index (χ3v) is 2.04. The van der Waals surface area contributed by atoms with E-state index in [0.29, 0.717) is 0 Å². The summed E-state index contributed by atoms with van der Waals surface area (Å²) in [7, 11) is 4.23. The molecule has 1 heterocycles. The van der Waals surface area contributed by atoms with Gasteiger partial charge in [0.05, 0.1) is 0 Å². The highest BCUT2D eigenvalue weighted by Crippen LogP contribution is 2.02. The van der Waals surface area contributed by atoms with Crippen molar-refractivity contribution in [1.29, 1.82) is 0 Å². The van der Waals surface area contributed by atoms with Gasteiger partial charge in [0.1, 0.15) is 0 Å². The summed E-state index contributed by atoms with van der Waals surface area (Å²) in [5.74, 6) is 0. The second kappa shape index (κ2) is 5.70. The monoisotopic (exact) mass is 178 g/mol. The topological polar surface area (TPSA) is 16.1 Å². The largest absolute Gasteiger partial charge is 0.309 e. The molecule has 0 unspecified atom stereocenters. The van der Waals surface area contributed by atoms with Gasteiger partial charge in [-0.3, -0.25) is 4.98 Å². The number of aromatic nitrogens is 1. The molecular weight excluding hydrogens is 160 g/mol. The zero-order valence-corrected chi connectivity index (χ0v) is 8.53. The number of hydrogen-bond donors (Lipinski definition) is 0. The van der Waals surface area contributed by atoms with Gasteiger partial charge in [0, 0.05) is 12.4 Å². The molecule has 0 spiro atoms. The van der Waals surface area contributed by atoms with Crippen molar-refractivity contribution >= 4 is 0 Å². The summed E-state index contributed by atoms with van der Waals surface area (Å²) in [6.07, 6.45) is 7.45. The van der Waals surface area contributed by atoms with E-state index >= 15 is 0 Å². The predicted octanol–water partition coefficient (Wildman–Crippen LogP) is 1.97. The van der Waals surface area contributed by atoms with Crippen LogP contribution >= 0.6 is 0 Å². The summed E-state index contributed by atoms with van der Waals surface area (Å²) >= 11 is 0. The standard InChI is InChI=1S/C11H18N2/c1-13(2)9-4-3-6-11-7-5-8-12-10-11/h5,7-8,10H,3-4,6,9H2,1-2H3.